The normalized spacial score (nSPS) is 10.7. The summed E-state index contributed by atoms with van der Waals surface area (Å²) in [6, 6.07) is 6.57. The van der Waals surface area contributed by atoms with E-state index in [4.69, 9.17) is 4.74 Å². The molecule has 0 N–H and O–H groups in total. The highest BCUT2D eigenvalue weighted by Gasteiger charge is 2.18. The molecule has 150 valence electrons. The standard InChI is InChI=1S/C21H21N3O5/c1-13-10-16(14(2)24(13)9-6-20(26)28-3)19(25)12-29-21(27)15-4-5-17-18(11-15)23-8-7-22-17/h4-5,7-8,10-11H,6,9,12H2,1-3H3. The summed E-state index contributed by atoms with van der Waals surface area (Å²) in [6.45, 7) is 3.68. The summed E-state index contributed by atoms with van der Waals surface area (Å²) in [6.07, 6.45) is 3.32. The van der Waals surface area contributed by atoms with Gasteiger partial charge in [0.05, 0.1) is 30.1 Å². The smallest absolute Gasteiger partial charge is 0.338 e. The highest BCUT2D eigenvalue weighted by molar-refractivity contribution is 6.01. The van der Waals surface area contributed by atoms with Gasteiger partial charge in [0.2, 0.25) is 5.78 Å². The van der Waals surface area contributed by atoms with Crippen molar-refractivity contribution in [3.63, 3.8) is 0 Å². The number of benzene rings is 1. The summed E-state index contributed by atoms with van der Waals surface area (Å²) in [5.74, 6) is -1.24. The Kier molecular flexibility index (Phi) is 6.01. The van der Waals surface area contributed by atoms with Crippen LogP contribution in [0, 0.1) is 13.8 Å². The highest BCUT2D eigenvalue weighted by Crippen LogP contribution is 2.17. The molecule has 0 radical (unpaired) electrons. The number of aromatic nitrogens is 3. The third-order valence-corrected chi connectivity index (χ3v) is 4.68. The van der Waals surface area contributed by atoms with E-state index in [1.165, 1.54) is 13.3 Å². The Bertz CT molecular complexity index is 1090. The number of fused-ring (bicyclic) bond motifs is 1. The van der Waals surface area contributed by atoms with Crippen molar-refractivity contribution in [1.82, 2.24) is 14.5 Å². The molecule has 2 aromatic heterocycles. The minimum absolute atomic E-state index is 0.209. The molecular weight excluding hydrogens is 374 g/mol. The van der Waals surface area contributed by atoms with Crippen LogP contribution >= 0.6 is 0 Å². The average Bonchev–Trinajstić information content (AvgIpc) is 3.03. The first-order chi connectivity index (χ1) is 13.9. The maximum atomic E-state index is 12.6. The van der Waals surface area contributed by atoms with Gasteiger partial charge in [-0.15, -0.1) is 0 Å². The number of ketones is 1. The van der Waals surface area contributed by atoms with Gasteiger partial charge in [-0.25, -0.2) is 4.79 Å². The fourth-order valence-electron chi connectivity index (χ4n) is 3.12. The molecule has 8 nitrogen and oxygen atoms in total. The molecule has 0 aliphatic rings. The van der Waals surface area contributed by atoms with Gasteiger partial charge in [0, 0.05) is 35.9 Å². The van der Waals surface area contributed by atoms with Gasteiger partial charge in [-0.05, 0) is 38.1 Å². The van der Waals surface area contributed by atoms with Crippen molar-refractivity contribution in [1.29, 1.82) is 0 Å². The van der Waals surface area contributed by atoms with E-state index in [1.54, 1.807) is 37.4 Å². The third kappa shape index (κ3) is 4.48. The molecule has 0 unspecified atom stereocenters. The average molecular weight is 395 g/mol. The summed E-state index contributed by atoms with van der Waals surface area (Å²) in [4.78, 5) is 44.6. The monoisotopic (exact) mass is 395 g/mol. The van der Waals surface area contributed by atoms with E-state index in [-0.39, 0.29) is 24.8 Å². The number of hydrogen-bond donors (Lipinski definition) is 0. The molecule has 2 heterocycles. The van der Waals surface area contributed by atoms with Crippen LogP contribution in [0.2, 0.25) is 0 Å². The predicted molar refractivity (Wildman–Crippen MR) is 105 cm³/mol. The molecule has 0 aliphatic carbocycles. The minimum atomic E-state index is -0.606. The van der Waals surface area contributed by atoms with Gasteiger partial charge in [-0.2, -0.15) is 0 Å². The number of Topliss-reactive ketones (excluding diaryl/α,β-unsaturated/α-hetero) is 1. The number of esters is 2. The Morgan fingerprint density at radius 2 is 1.76 bits per heavy atom. The summed E-state index contributed by atoms with van der Waals surface area (Å²) < 4.78 is 11.7. The van der Waals surface area contributed by atoms with Gasteiger partial charge in [-0.3, -0.25) is 19.6 Å². The second kappa shape index (κ2) is 8.64. The Labute approximate surface area is 167 Å². The van der Waals surface area contributed by atoms with Crippen LogP contribution in [0.1, 0.15) is 38.5 Å². The first-order valence-corrected chi connectivity index (χ1v) is 9.05. The lowest BCUT2D eigenvalue weighted by Gasteiger charge is -2.09. The van der Waals surface area contributed by atoms with Crippen molar-refractivity contribution < 1.29 is 23.9 Å². The lowest BCUT2D eigenvalue weighted by atomic mass is 10.1. The maximum Gasteiger partial charge on any atom is 0.338 e. The number of ether oxygens (including phenoxy) is 2. The van der Waals surface area contributed by atoms with E-state index in [0.29, 0.717) is 34.4 Å². The quantitative estimate of drug-likeness (QED) is 0.448. The Morgan fingerprint density at radius 1 is 1.03 bits per heavy atom. The Morgan fingerprint density at radius 3 is 2.48 bits per heavy atom. The van der Waals surface area contributed by atoms with Crippen LogP contribution in [0.25, 0.3) is 11.0 Å². The first-order valence-electron chi connectivity index (χ1n) is 9.05. The fourth-order valence-corrected chi connectivity index (χ4v) is 3.12. The van der Waals surface area contributed by atoms with E-state index in [2.05, 4.69) is 14.7 Å². The van der Waals surface area contributed by atoms with E-state index >= 15 is 0 Å². The van der Waals surface area contributed by atoms with Gasteiger partial charge in [0.15, 0.2) is 6.61 Å². The molecule has 8 heteroatoms. The number of methoxy groups -OCH3 is 1. The lowest BCUT2D eigenvalue weighted by Crippen LogP contribution is -2.15. The second-order valence-electron chi connectivity index (χ2n) is 6.52. The molecular formula is C21H21N3O5. The van der Waals surface area contributed by atoms with Crippen LogP contribution in [0.5, 0.6) is 0 Å². The Balaban J connectivity index is 1.66. The molecule has 0 atom stereocenters. The largest absolute Gasteiger partial charge is 0.469 e. The van der Waals surface area contributed by atoms with Gasteiger partial charge >= 0.3 is 11.9 Å². The van der Waals surface area contributed by atoms with Gasteiger partial charge in [0.1, 0.15) is 0 Å². The minimum Gasteiger partial charge on any atom is -0.469 e. The number of nitrogens with zero attached hydrogens (tertiary/aromatic N) is 3. The second-order valence-corrected chi connectivity index (χ2v) is 6.52. The lowest BCUT2D eigenvalue weighted by molar-refractivity contribution is -0.140. The summed E-state index contributed by atoms with van der Waals surface area (Å²) in [5.41, 5.74) is 3.56. The van der Waals surface area contributed by atoms with E-state index in [9.17, 15) is 14.4 Å². The number of rotatable bonds is 7. The molecule has 0 fully saturated rings. The van der Waals surface area contributed by atoms with Crippen LogP contribution < -0.4 is 0 Å². The first kappa shape index (κ1) is 20.2. The van der Waals surface area contributed by atoms with E-state index in [1.807, 2.05) is 11.5 Å². The third-order valence-electron chi connectivity index (χ3n) is 4.68. The molecule has 3 rings (SSSR count). The van der Waals surface area contributed by atoms with Crippen LogP contribution in [-0.4, -0.2) is 46.0 Å². The van der Waals surface area contributed by atoms with Crippen LogP contribution in [0.4, 0.5) is 0 Å². The van der Waals surface area contributed by atoms with Crippen molar-refractivity contribution in [3.8, 4) is 0 Å². The molecule has 0 bridgehead atoms. The molecule has 29 heavy (non-hydrogen) atoms. The SMILES string of the molecule is COC(=O)CCn1c(C)cc(C(=O)COC(=O)c2ccc3nccnc3c2)c1C. The molecule has 0 aliphatic heterocycles. The van der Waals surface area contributed by atoms with E-state index < -0.39 is 5.97 Å². The zero-order valence-corrected chi connectivity index (χ0v) is 16.5. The Hall–Kier alpha value is -3.55. The molecule has 0 saturated carbocycles. The molecule has 0 spiro atoms. The highest BCUT2D eigenvalue weighted by atomic mass is 16.5. The molecule has 0 amide bonds. The van der Waals surface area contributed by atoms with Crippen molar-refractivity contribution >= 4 is 28.8 Å². The number of carbonyl (C=O) groups excluding carboxylic acids is 3. The number of hydrogen-bond acceptors (Lipinski definition) is 7. The maximum absolute atomic E-state index is 12.6. The summed E-state index contributed by atoms with van der Waals surface area (Å²) >= 11 is 0. The van der Waals surface area contributed by atoms with Gasteiger partial charge < -0.3 is 14.0 Å². The van der Waals surface area contributed by atoms with Gasteiger partial charge in [-0.1, -0.05) is 0 Å². The summed E-state index contributed by atoms with van der Waals surface area (Å²) in [7, 11) is 1.34. The molecule has 3 aromatic rings. The van der Waals surface area contributed by atoms with Crippen LogP contribution in [0.3, 0.4) is 0 Å². The van der Waals surface area contributed by atoms with Gasteiger partial charge in [0.25, 0.3) is 0 Å². The van der Waals surface area contributed by atoms with Crippen LogP contribution in [-0.2, 0) is 20.8 Å². The predicted octanol–water partition coefficient (Wildman–Crippen LogP) is 2.65. The summed E-state index contributed by atoms with van der Waals surface area (Å²) in [5, 5.41) is 0. The van der Waals surface area contributed by atoms with Crippen molar-refractivity contribution in [2.75, 3.05) is 13.7 Å². The molecule has 1 aromatic carbocycles. The number of aryl methyl sites for hydroxylation is 1. The van der Waals surface area contributed by atoms with Crippen molar-refractivity contribution in [2.24, 2.45) is 0 Å². The zero-order chi connectivity index (χ0) is 21.0. The molecule has 0 saturated heterocycles. The fraction of sp³-hybridized carbons (Fsp3) is 0.286. The van der Waals surface area contributed by atoms with Crippen molar-refractivity contribution in [2.45, 2.75) is 26.8 Å². The van der Waals surface area contributed by atoms with Crippen molar-refractivity contribution in [3.05, 3.63) is 59.2 Å². The number of carbonyl (C=O) groups is 3. The topological polar surface area (TPSA) is 100 Å². The van der Waals surface area contributed by atoms with Crippen LogP contribution in [0.15, 0.2) is 36.7 Å². The zero-order valence-electron chi connectivity index (χ0n) is 16.5. The van der Waals surface area contributed by atoms with E-state index in [0.717, 1.165) is 5.69 Å².